The number of ether oxygens (including phenoxy) is 1. The minimum absolute atomic E-state index is 0.429. The van der Waals surface area contributed by atoms with Crippen LogP contribution in [0.4, 0.5) is 13.2 Å². The number of aromatic nitrogens is 1. The van der Waals surface area contributed by atoms with Gasteiger partial charge in [0.2, 0.25) is 0 Å². The predicted octanol–water partition coefficient (Wildman–Crippen LogP) is 1.52. The summed E-state index contributed by atoms with van der Waals surface area (Å²) >= 11 is 0. The van der Waals surface area contributed by atoms with Crippen molar-refractivity contribution in [3.05, 3.63) is 23.8 Å². The normalized spacial score (nSPS) is 10.3. The lowest BCUT2D eigenvalue weighted by atomic mass is 10.3. The van der Waals surface area contributed by atoms with Crippen molar-refractivity contribution in [3.8, 4) is 5.75 Å². The smallest absolute Gasteiger partial charge is 0.387 e. The highest BCUT2D eigenvalue weighted by Crippen LogP contribution is 2.18. The molecular weight excluding hydrogens is 203 g/mol. The summed E-state index contributed by atoms with van der Waals surface area (Å²) in [4.78, 5) is 13.3. The van der Waals surface area contributed by atoms with Crippen molar-refractivity contribution in [1.29, 1.82) is 0 Å². The Hall–Kier alpha value is -1.79. The Balaban J connectivity index is 3.02. The summed E-state index contributed by atoms with van der Waals surface area (Å²) in [5.41, 5.74) is -0.429. The van der Waals surface area contributed by atoms with Crippen LogP contribution in [0, 0.1) is 5.95 Å². The molecule has 0 aliphatic carbocycles. The number of rotatable bonds is 3. The van der Waals surface area contributed by atoms with Crippen LogP contribution in [0.1, 0.15) is 10.4 Å². The van der Waals surface area contributed by atoms with Crippen LogP contribution in [0.2, 0.25) is 0 Å². The molecule has 0 radical (unpaired) electrons. The summed E-state index contributed by atoms with van der Waals surface area (Å²) in [6, 6.07) is 0.636. The quantitative estimate of drug-likeness (QED) is 0.763. The highest BCUT2D eigenvalue weighted by atomic mass is 19.3. The monoisotopic (exact) mass is 207 g/mol. The van der Waals surface area contributed by atoms with Gasteiger partial charge in [0.1, 0.15) is 0 Å². The summed E-state index contributed by atoms with van der Waals surface area (Å²) in [6.07, 6.45) is 0.704. The number of hydrogen-bond donors (Lipinski definition) is 1. The molecule has 1 heterocycles. The zero-order chi connectivity index (χ0) is 10.7. The Morgan fingerprint density at radius 1 is 1.57 bits per heavy atom. The van der Waals surface area contributed by atoms with E-state index in [1.165, 1.54) is 0 Å². The molecule has 7 heteroatoms. The number of carboxylic acids is 1. The number of halogens is 3. The van der Waals surface area contributed by atoms with Crippen molar-refractivity contribution in [2.45, 2.75) is 6.61 Å². The van der Waals surface area contributed by atoms with Gasteiger partial charge in [-0.2, -0.15) is 13.2 Å². The zero-order valence-electron chi connectivity index (χ0n) is 6.58. The first kappa shape index (κ1) is 10.3. The topological polar surface area (TPSA) is 59.4 Å². The maximum atomic E-state index is 12.6. The SMILES string of the molecule is O=C(O)c1cnc(F)c(OC(F)F)c1. The van der Waals surface area contributed by atoms with E-state index < -0.39 is 29.8 Å². The van der Waals surface area contributed by atoms with E-state index in [1.807, 2.05) is 0 Å². The first-order chi connectivity index (χ1) is 6.50. The molecule has 1 N–H and O–H groups in total. The first-order valence-corrected chi connectivity index (χ1v) is 3.34. The molecule has 0 aliphatic heterocycles. The molecule has 76 valence electrons. The van der Waals surface area contributed by atoms with Gasteiger partial charge in [-0.15, -0.1) is 0 Å². The van der Waals surface area contributed by atoms with Crippen molar-refractivity contribution in [2.24, 2.45) is 0 Å². The molecule has 0 bridgehead atoms. The second-order valence-electron chi connectivity index (χ2n) is 2.20. The van der Waals surface area contributed by atoms with Crippen LogP contribution in [0.5, 0.6) is 5.75 Å². The first-order valence-electron chi connectivity index (χ1n) is 3.34. The fourth-order valence-electron chi connectivity index (χ4n) is 0.723. The molecule has 0 atom stereocenters. The number of alkyl halides is 2. The molecule has 0 saturated carbocycles. The van der Waals surface area contributed by atoms with Gasteiger partial charge in [-0.05, 0) is 0 Å². The number of carboxylic acid groups (broad SMARTS) is 1. The molecule has 0 unspecified atom stereocenters. The summed E-state index contributed by atoms with van der Waals surface area (Å²) < 4.78 is 39.7. The number of nitrogens with zero attached hydrogens (tertiary/aromatic N) is 1. The molecule has 1 aromatic rings. The van der Waals surface area contributed by atoms with Gasteiger partial charge in [0.25, 0.3) is 5.95 Å². The van der Waals surface area contributed by atoms with E-state index in [0.29, 0.717) is 12.3 Å². The Labute approximate surface area is 75.9 Å². The van der Waals surface area contributed by atoms with Crippen LogP contribution in [-0.2, 0) is 0 Å². The van der Waals surface area contributed by atoms with Gasteiger partial charge in [-0.1, -0.05) is 0 Å². The minimum Gasteiger partial charge on any atom is -0.478 e. The van der Waals surface area contributed by atoms with Crippen molar-refractivity contribution in [3.63, 3.8) is 0 Å². The molecule has 0 aromatic carbocycles. The van der Waals surface area contributed by atoms with Crippen molar-refractivity contribution < 1.29 is 27.8 Å². The molecule has 1 aromatic heterocycles. The van der Waals surface area contributed by atoms with E-state index in [9.17, 15) is 18.0 Å². The van der Waals surface area contributed by atoms with E-state index in [-0.39, 0.29) is 0 Å². The average Bonchev–Trinajstić information content (AvgIpc) is 2.07. The fourth-order valence-corrected chi connectivity index (χ4v) is 0.723. The van der Waals surface area contributed by atoms with Crippen molar-refractivity contribution in [2.75, 3.05) is 0 Å². The van der Waals surface area contributed by atoms with Crippen LogP contribution in [-0.4, -0.2) is 22.7 Å². The van der Waals surface area contributed by atoms with E-state index in [0.717, 1.165) is 0 Å². The molecule has 1 rings (SSSR count). The standard InChI is InChI=1S/C7H4F3NO3/c8-5-4(14-7(9)10)1-3(2-11-5)6(12)13/h1-2,7H,(H,12,13). The van der Waals surface area contributed by atoms with Gasteiger partial charge < -0.3 is 9.84 Å². The summed E-state index contributed by atoms with van der Waals surface area (Å²) in [5.74, 6) is -3.58. The number of aromatic carboxylic acids is 1. The van der Waals surface area contributed by atoms with Gasteiger partial charge in [-0.25, -0.2) is 9.78 Å². The highest BCUT2D eigenvalue weighted by molar-refractivity contribution is 5.87. The van der Waals surface area contributed by atoms with Gasteiger partial charge in [0, 0.05) is 12.3 Å². The van der Waals surface area contributed by atoms with Crippen molar-refractivity contribution >= 4 is 5.97 Å². The lowest BCUT2D eigenvalue weighted by Gasteiger charge is -2.04. The Morgan fingerprint density at radius 3 is 2.71 bits per heavy atom. The van der Waals surface area contributed by atoms with Gasteiger partial charge in [0.05, 0.1) is 5.56 Å². The lowest BCUT2D eigenvalue weighted by molar-refractivity contribution is -0.0527. The van der Waals surface area contributed by atoms with Crippen LogP contribution in [0.25, 0.3) is 0 Å². The minimum atomic E-state index is -3.23. The largest absolute Gasteiger partial charge is 0.478 e. The van der Waals surface area contributed by atoms with E-state index in [4.69, 9.17) is 5.11 Å². The van der Waals surface area contributed by atoms with Crippen molar-refractivity contribution in [1.82, 2.24) is 4.98 Å². The van der Waals surface area contributed by atoms with E-state index >= 15 is 0 Å². The molecule has 0 fully saturated rings. The second kappa shape index (κ2) is 3.95. The average molecular weight is 207 g/mol. The lowest BCUT2D eigenvalue weighted by Crippen LogP contribution is -2.07. The van der Waals surface area contributed by atoms with Crippen LogP contribution in [0.3, 0.4) is 0 Å². The summed E-state index contributed by atoms with van der Waals surface area (Å²) in [6.45, 7) is -3.23. The summed E-state index contributed by atoms with van der Waals surface area (Å²) in [7, 11) is 0. The third-order valence-corrected chi connectivity index (χ3v) is 1.27. The number of pyridine rings is 1. The fraction of sp³-hybridized carbons (Fsp3) is 0.143. The second-order valence-corrected chi connectivity index (χ2v) is 2.20. The Kier molecular flexibility index (Phi) is 2.90. The third kappa shape index (κ3) is 2.35. The molecule has 0 aliphatic rings. The molecule has 0 amide bonds. The maximum Gasteiger partial charge on any atom is 0.387 e. The molecule has 4 nitrogen and oxygen atoms in total. The Bertz CT molecular complexity index is 356. The van der Waals surface area contributed by atoms with E-state index in [1.54, 1.807) is 0 Å². The summed E-state index contributed by atoms with van der Waals surface area (Å²) in [5, 5.41) is 8.43. The van der Waals surface area contributed by atoms with Gasteiger partial charge in [-0.3, -0.25) is 0 Å². The third-order valence-electron chi connectivity index (χ3n) is 1.27. The molecule has 0 spiro atoms. The number of carbonyl (C=O) groups is 1. The molecule has 14 heavy (non-hydrogen) atoms. The Morgan fingerprint density at radius 2 is 2.21 bits per heavy atom. The van der Waals surface area contributed by atoms with E-state index in [2.05, 4.69) is 9.72 Å². The van der Waals surface area contributed by atoms with Gasteiger partial charge >= 0.3 is 12.6 Å². The maximum absolute atomic E-state index is 12.6. The van der Waals surface area contributed by atoms with Crippen LogP contribution in [0.15, 0.2) is 12.3 Å². The van der Waals surface area contributed by atoms with Gasteiger partial charge in [0.15, 0.2) is 5.75 Å². The molecule has 0 saturated heterocycles. The molecular formula is C7H4F3NO3. The predicted molar refractivity (Wildman–Crippen MR) is 37.8 cm³/mol. The zero-order valence-corrected chi connectivity index (χ0v) is 6.58. The highest BCUT2D eigenvalue weighted by Gasteiger charge is 2.14. The number of hydrogen-bond acceptors (Lipinski definition) is 3. The van der Waals surface area contributed by atoms with Crippen LogP contribution < -0.4 is 4.74 Å². The van der Waals surface area contributed by atoms with Crippen LogP contribution >= 0.6 is 0 Å².